The van der Waals surface area contributed by atoms with E-state index < -0.39 is 0 Å². The SMILES string of the molecule is COc1ccc(Cn2cc(CCc3cc(OC)c(OC)c(OC)c3)c3c(C)nc(N)nc32)cc1OC. The van der Waals surface area contributed by atoms with Gasteiger partial charge in [-0.25, -0.2) is 4.98 Å². The second-order valence-electron chi connectivity index (χ2n) is 8.37. The number of hydrogen-bond donors (Lipinski definition) is 1. The van der Waals surface area contributed by atoms with E-state index >= 15 is 0 Å². The molecule has 0 radical (unpaired) electrons. The largest absolute Gasteiger partial charge is 0.493 e. The number of aryl methyl sites for hydroxylation is 3. The van der Waals surface area contributed by atoms with Gasteiger partial charge in [-0.1, -0.05) is 6.07 Å². The summed E-state index contributed by atoms with van der Waals surface area (Å²) in [5.41, 5.74) is 10.9. The van der Waals surface area contributed by atoms with Crippen LogP contribution in [0.25, 0.3) is 11.0 Å². The van der Waals surface area contributed by atoms with Crippen molar-refractivity contribution in [1.29, 1.82) is 0 Å². The van der Waals surface area contributed by atoms with Crippen molar-refractivity contribution >= 4 is 17.0 Å². The van der Waals surface area contributed by atoms with Gasteiger partial charge in [0.15, 0.2) is 23.0 Å². The second-order valence-corrected chi connectivity index (χ2v) is 8.37. The molecule has 0 spiro atoms. The van der Waals surface area contributed by atoms with Crippen LogP contribution in [-0.2, 0) is 19.4 Å². The van der Waals surface area contributed by atoms with Crippen LogP contribution in [0, 0.1) is 6.92 Å². The smallest absolute Gasteiger partial charge is 0.222 e. The number of anilines is 1. The van der Waals surface area contributed by atoms with Crippen LogP contribution in [0.1, 0.15) is 22.4 Å². The highest BCUT2D eigenvalue weighted by Gasteiger charge is 2.17. The molecule has 0 bridgehead atoms. The average molecular weight is 493 g/mol. The third-order valence-corrected chi connectivity index (χ3v) is 6.20. The van der Waals surface area contributed by atoms with E-state index in [-0.39, 0.29) is 5.95 Å². The maximum atomic E-state index is 6.02. The second kappa shape index (κ2) is 10.6. The summed E-state index contributed by atoms with van der Waals surface area (Å²) in [6.07, 6.45) is 3.65. The number of nitrogens with zero attached hydrogens (tertiary/aromatic N) is 3. The molecule has 4 rings (SSSR count). The number of nitrogens with two attached hydrogens (primary N) is 1. The Hall–Kier alpha value is -4.14. The van der Waals surface area contributed by atoms with E-state index in [1.807, 2.05) is 37.3 Å². The fourth-order valence-electron chi connectivity index (χ4n) is 4.52. The lowest BCUT2D eigenvalue weighted by molar-refractivity contribution is 0.324. The lowest BCUT2D eigenvalue weighted by Gasteiger charge is -2.14. The van der Waals surface area contributed by atoms with Crippen LogP contribution in [0.2, 0.25) is 0 Å². The number of hydrogen-bond acceptors (Lipinski definition) is 8. The molecule has 190 valence electrons. The number of benzene rings is 2. The number of ether oxygens (including phenoxy) is 5. The number of rotatable bonds is 10. The first-order chi connectivity index (χ1) is 17.4. The van der Waals surface area contributed by atoms with Crippen molar-refractivity contribution in [2.75, 3.05) is 41.3 Å². The summed E-state index contributed by atoms with van der Waals surface area (Å²) in [4.78, 5) is 9.00. The third-order valence-electron chi connectivity index (χ3n) is 6.20. The van der Waals surface area contributed by atoms with Gasteiger partial charge in [0, 0.05) is 18.1 Å². The Morgan fingerprint density at radius 3 is 2.00 bits per heavy atom. The first-order valence-corrected chi connectivity index (χ1v) is 11.5. The summed E-state index contributed by atoms with van der Waals surface area (Å²) in [7, 11) is 8.09. The highest BCUT2D eigenvalue weighted by molar-refractivity contribution is 5.84. The summed E-state index contributed by atoms with van der Waals surface area (Å²) < 4.78 is 29.4. The molecule has 0 atom stereocenters. The third kappa shape index (κ3) is 4.82. The average Bonchev–Trinajstić information content (AvgIpc) is 3.23. The Kier molecular flexibility index (Phi) is 7.38. The zero-order chi connectivity index (χ0) is 25.8. The minimum Gasteiger partial charge on any atom is -0.493 e. The van der Waals surface area contributed by atoms with Crippen LogP contribution in [0.15, 0.2) is 36.5 Å². The number of methoxy groups -OCH3 is 5. The zero-order valence-corrected chi connectivity index (χ0v) is 21.5. The van der Waals surface area contributed by atoms with Crippen molar-refractivity contribution in [2.24, 2.45) is 0 Å². The van der Waals surface area contributed by atoms with Crippen LogP contribution in [-0.4, -0.2) is 50.1 Å². The Morgan fingerprint density at radius 1 is 0.750 bits per heavy atom. The molecule has 0 unspecified atom stereocenters. The van der Waals surface area contributed by atoms with Crippen molar-refractivity contribution in [3.8, 4) is 28.7 Å². The standard InChI is InChI=1S/C27H32N4O5/c1-16-24-19(9-7-17-11-22(34-4)25(36-6)23(12-17)35-5)15-31(26(24)30-27(28)29-16)14-18-8-10-20(32-2)21(13-18)33-3/h8,10-13,15H,7,9,14H2,1-6H3,(H2,28,29,30). The highest BCUT2D eigenvalue weighted by atomic mass is 16.5. The first kappa shape index (κ1) is 25.0. The zero-order valence-electron chi connectivity index (χ0n) is 21.5. The molecule has 2 aromatic carbocycles. The minimum absolute atomic E-state index is 0.253. The quantitative estimate of drug-likeness (QED) is 0.351. The number of nitrogen functional groups attached to an aromatic ring is 1. The molecular formula is C27H32N4O5. The van der Waals surface area contributed by atoms with Gasteiger partial charge in [-0.2, -0.15) is 4.98 Å². The molecular weight excluding hydrogens is 460 g/mol. The predicted octanol–water partition coefficient (Wildman–Crippen LogP) is 4.20. The van der Waals surface area contributed by atoms with Gasteiger partial charge in [-0.05, 0) is 60.7 Å². The molecule has 0 fully saturated rings. The van der Waals surface area contributed by atoms with E-state index in [0.717, 1.165) is 46.3 Å². The van der Waals surface area contributed by atoms with E-state index in [9.17, 15) is 0 Å². The summed E-state index contributed by atoms with van der Waals surface area (Å²) >= 11 is 0. The van der Waals surface area contributed by atoms with Crippen molar-refractivity contribution in [3.63, 3.8) is 0 Å². The van der Waals surface area contributed by atoms with Crippen LogP contribution < -0.4 is 29.4 Å². The molecule has 9 nitrogen and oxygen atoms in total. The molecule has 36 heavy (non-hydrogen) atoms. The molecule has 0 aliphatic carbocycles. The van der Waals surface area contributed by atoms with E-state index in [1.54, 1.807) is 35.5 Å². The number of fused-ring (bicyclic) bond motifs is 1. The molecule has 9 heteroatoms. The van der Waals surface area contributed by atoms with Gasteiger partial charge in [0.2, 0.25) is 11.7 Å². The van der Waals surface area contributed by atoms with Crippen molar-refractivity contribution in [3.05, 3.63) is 58.9 Å². The molecule has 0 amide bonds. The molecule has 0 saturated heterocycles. The summed E-state index contributed by atoms with van der Waals surface area (Å²) in [5, 5.41) is 1.01. The normalized spacial score (nSPS) is 10.9. The van der Waals surface area contributed by atoms with Gasteiger partial charge in [0.1, 0.15) is 5.65 Å². The molecule has 2 aromatic heterocycles. The Morgan fingerprint density at radius 2 is 1.39 bits per heavy atom. The minimum atomic E-state index is 0.253. The first-order valence-electron chi connectivity index (χ1n) is 11.5. The van der Waals surface area contributed by atoms with Crippen LogP contribution in [0.5, 0.6) is 28.7 Å². The van der Waals surface area contributed by atoms with Gasteiger partial charge in [0.25, 0.3) is 0 Å². The lowest BCUT2D eigenvalue weighted by Crippen LogP contribution is -2.03. The topological polar surface area (TPSA) is 103 Å². The maximum absolute atomic E-state index is 6.02. The van der Waals surface area contributed by atoms with E-state index in [1.165, 1.54) is 0 Å². The molecule has 4 aromatic rings. The van der Waals surface area contributed by atoms with Crippen molar-refractivity contribution < 1.29 is 23.7 Å². The van der Waals surface area contributed by atoms with Gasteiger partial charge in [-0.3, -0.25) is 0 Å². The molecule has 2 N–H and O–H groups in total. The molecule has 0 saturated carbocycles. The van der Waals surface area contributed by atoms with E-state index in [4.69, 9.17) is 29.4 Å². The predicted molar refractivity (Wildman–Crippen MR) is 139 cm³/mol. The molecule has 0 aliphatic rings. The van der Waals surface area contributed by atoms with Gasteiger partial charge in [0.05, 0.1) is 41.2 Å². The van der Waals surface area contributed by atoms with Crippen molar-refractivity contribution in [1.82, 2.24) is 14.5 Å². The summed E-state index contributed by atoms with van der Waals surface area (Å²) in [6, 6.07) is 9.84. The molecule has 0 aliphatic heterocycles. The Balaban J connectivity index is 1.69. The van der Waals surface area contributed by atoms with Gasteiger partial charge < -0.3 is 34.0 Å². The monoisotopic (exact) mass is 492 g/mol. The fraction of sp³-hybridized carbons (Fsp3) is 0.333. The van der Waals surface area contributed by atoms with Crippen LogP contribution in [0.3, 0.4) is 0 Å². The fourth-order valence-corrected chi connectivity index (χ4v) is 4.52. The summed E-state index contributed by atoms with van der Waals surface area (Å²) in [6.45, 7) is 2.56. The van der Waals surface area contributed by atoms with Crippen molar-refractivity contribution in [2.45, 2.75) is 26.3 Å². The van der Waals surface area contributed by atoms with E-state index in [0.29, 0.717) is 35.3 Å². The highest BCUT2D eigenvalue weighted by Crippen LogP contribution is 2.38. The maximum Gasteiger partial charge on any atom is 0.222 e. The van der Waals surface area contributed by atoms with Gasteiger partial charge in [-0.15, -0.1) is 0 Å². The van der Waals surface area contributed by atoms with E-state index in [2.05, 4.69) is 20.7 Å². The van der Waals surface area contributed by atoms with Crippen LogP contribution in [0.4, 0.5) is 5.95 Å². The van der Waals surface area contributed by atoms with Gasteiger partial charge >= 0.3 is 0 Å². The summed E-state index contributed by atoms with van der Waals surface area (Å²) in [5.74, 6) is 3.47. The lowest BCUT2D eigenvalue weighted by atomic mass is 10.0. The number of aromatic nitrogens is 3. The van der Waals surface area contributed by atoms with Crippen LogP contribution >= 0.6 is 0 Å². The molecule has 2 heterocycles. The Bertz CT molecular complexity index is 1360. The Labute approximate surface area is 210 Å².